The highest BCUT2D eigenvalue weighted by atomic mass is 19.1. The summed E-state index contributed by atoms with van der Waals surface area (Å²) >= 11 is 0. The molecule has 0 atom stereocenters. The number of nitrogens with zero attached hydrogens (tertiary/aromatic N) is 3. The molecule has 0 aliphatic heterocycles. The SMILES string of the molecule is O=[N+]([O-])c1cc(-c2cc(F)c(O)cc2O)ccc1N=Nc1ccccc1. The van der Waals surface area contributed by atoms with E-state index in [2.05, 4.69) is 10.2 Å². The molecule has 3 aromatic rings. The lowest BCUT2D eigenvalue weighted by Gasteiger charge is -2.07. The summed E-state index contributed by atoms with van der Waals surface area (Å²) in [5.74, 6) is -2.07. The van der Waals surface area contributed by atoms with Crippen molar-refractivity contribution < 1.29 is 19.5 Å². The Morgan fingerprint density at radius 1 is 0.923 bits per heavy atom. The van der Waals surface area contributed by atoms with Gasteiger partial charge in [0.15, 0.2) is 17.3 Å². The summed E-state index contributed by atoms with van der Waals surface area (Å²) < 4.78 is 13.6. The number of nitro groups is 1. The second-order valence-electron chi connectivity index (χ2n) is 5.32. The molecule has 0 aliphatic carbocycles. The van der Waals surface area contributed by atoms with Crippen LogP contribution in [0.2, 0.25) is 0 Å². The quantitative estimate of drug-likeness (QED) is 0.380. The van der Waals surface area contributed by atoms with Crippen molar-refractivity contribution in [3.05, 3.63) is 76.6 Å². The van der Waals surface area contributed by atoms with E-state index in [4.69, 9.17) is 0 Å². The van der Waals surface area contributed by atoms with Crippen LogP contribution in [0.4, 0.5) is 21.5 Å². The Morgan fingerprint density at radius 2 is 1.65 bits per heavy atom. The van der Waals surface area contributed by atoms with Crippen molar-refractivity contribution in [1.82, 2.24) is 0 Å². The van der Waals surface area contributed by atoms with Gasteiger partial charge in [-0.1, -0.05) is 24.3 Å². The number of aromatic hydroxyl groups is 2. The molecule has 2 N–H and O–H groups in total. The van der Waals surface area contributed by atoms with Gasteiger partial charge in [-0.3, -0.25) is 10.1 Å². The van der Waals surface area contributed by atoms with Crippen molar-refractivity contribution in [2.45, 2.75) is 0 Å². The molecule has 0 unspecified atom stereocenters. The summed E-state index contributed by atoms with van der Waals surface area (Å²) in [6, 6.07) is 14.4. The van der Waals surface area contributed by atoms with Crippen molar-refractivity contribution in [3.8, 4) is 22.6 Å². The largest absolute Gasteiger partial charge is 0.507 e. The van der Waals surface area contributed by atoms with E-state index < -0.39 is 22.2 Å². The normalized spacial score (nSPS) is 11.0. The fraction of sp³-hybridized carbons (Fsp3) is 0. The number of hydrogen-bond donors (Lipinski definition) is 2. The van der Waals surface area contributed by atoms with Gasteiger partial charge in [-0.05, 0) is 29.8 Å². The second-order valence-corrected chi connectivity index (χ2v) is 5.32. The smallest absolute Gasteiger partial charge is 0.297 e. The molecular formula is C18H12FN3O4. The van der Waals surface area contributed by atoms with Crippen LogP contribution in [0.5, 0.6) is 11.5 Å². The van der Waals surface area contributed by atoms with Crippen LogP contribution in [0.15, 0.2) is 70.9 Å². The number of benzene rings is 3. The van der Waals surface area contributed by atoms with E-state index in [9.17, 15) is 24.7 Å². The third-order valence-electron chi connectivity index (χ3n) is 3.58. The monoisotopic (exact) mass is 353 g/mol. The van der Waals surface area contributed by atoms with Crippen molar-refractivity contribution >= 4 is 17.1 Å². The molecular weight excluding hydrogens is 341 g/mol. The average molecular weight is 353 g/mol. The van der Waals surface area contributed by atoms with Gasteiger partial charge >= 0.3 is 0 Å². The fourth-order valence-corrected chi connectivity index (χ4v) is 2.31. The highest BCUT2D eigenvalue weighted by Crippen LogP contribution is 2.38. The number of phenols is 2. The molecule has 0 radical (unpaired) electrons. The number of halogens is 1. The maximum Gasteiger partial charge on any atom is 0.297 e. The second kappa shape index (κ2) is 6.98. The van der Waals surface area contributed by atoms with Gasteiger partial charge < -0.3 is 10.2 Å². The number of azo groups is 1. The summed E-state index contributed by atoms with van der Waals surface area (Å²) in [7, 11) is 0. The van der Waals surface area contributed by atoms with E-state index in [0.717, 1.165) is 18.2 Å². The highest BCUT2D eigenvalue weighted by Gasteiger charge is 2.18. The van der Waals surface area contributed by atoms with Crippen molar-refractivity contribution in [2.24, 2.45) is 10.2 Å². The Labute approximate surface area is 146 Å². The molecule has 0 aromatic heterocycles. The van der Waals surface area contributed by atoms with Crippen LogP contribution in [0, 0.1) is 15.9 Å². The molecule has 0 heterocycles. The average Bonchev–Trinajstić information content (AvgIpc) is 2.63. The first kappa shape index (κ1) is 17.0. The molecule has 0 bridgehead atoms. The molecule has 7 nitrogen and oxygen atoms in total. The van der Waals surface area contributed by atoms with Crippen LogP contribution in [0.1, 0.15) is 0 Å². The van der Waals surface area contributed by atoms with Crippen LogP contribution in [-0.4, -0.2) is 15.1 Å². The van der Waals surface area contributed by atoms with Crippen LogP contribution < -0.4 is 0 Å². The van der Waals surface area contributed by atoms with Gasteiger partial charge in [-0.25, -0.2) is 4.39 Å². The van der Waals surface area contributed by atoms with Crippen LogP contribution in [0.25, 0.3) is 11.1 Å². The van der Waals surface area contributed by atoms with Crippen molar-refractivity contribution in [3.63, 3.8) is 0 Å². The number of phenolic OH excluding ortho intramolecular Hbond substituents is 2. The molecule has 0 saturated carbocycles. The number of rotatable bonds is 4. The minimum atomic E-state index is -0.951. The summed E-state index contributed by atoms with van der Waals surface area (Å²) in [4.78, 5) is 10.7. The van der Waals surface area contributed by atoms with E-state index in [1.165, 1.54) is 12.1 Å². The van der Waals surface area contributed by atoms with Gasteiger partial charge in [0.05, 0.1) is 10.6 Å². The topological polar surface area (TPSA) is 108 Å². The van der Waals surface area contributed by atoms with E-state index in [1.54, 1.807) is 30.3 Å². The minimum absolute atomic E-state index is 0.00921. The van der Waals surface area contributed by atoms with Crippen LogP contribution in [0.3, 0.4) is 0 Å². The molecule has 0 aliphatic rings. The van der Waals surface area contributed by atoms with Crippen LogP contribution in [-0.2, 0) is 0 Å². The minimum Gasteiger partial charge on any atom is -0.507 e. The van der Waals surface area contributed by atoms with Gasteiger partial charge in [0, 0.05) is 17.7 Å². The molecule has 3 rings (SSSR count). The number of nitro benzene ring substituents is 1. The zero-order valence-electron chi connectivity index (χ0n) is 13.2. The third kappa shape index (κ3) is 3.48. The van der Waals surface area contributed by atoms with Crippen LogP contribution >= 0.6 is 0 Å². The Morgan fingerprint density at radius 3 is 2.35 bits per heavy atom. The molecule has 130 valence electrons. The number of hydrogen-bond acceptors (Lipinski definition) is 6. The fourth-order valence-electron chi connectivity index (χ4n) is 2.31. The van der Waals surface area contributed by atoms with E-state index in [1.807, 2.05) is 0 Å². The summed E-state index contributed by atoms with van der Waals surface area (Å²) in [6.45, 7) is 0. The Hall–Kier alpha value is -3.81. The zero-order chi connectivity index (χ0) is 18.7. The molecule has 3 aromatic carbocycles. The standard InChI is InChI=1S/C18H12FN3O4/c19-14-9-13(17(23)10-18(14)24)11-6-7-15(16(8-11)22(25)26)21-20-12-4-2-1-3-5-12/h1-10,23-24H. The Bertz CT molecular complexity index is 1010. The maximum atomic E-state index is 13.6. The summed E-state index contributed by atoms with van der Waals surface area (Å²) in [5.41, 5.74) is 0.405. The molecule has 0 amide bonds. The lowest BCUT2D eigenvalue weighted by Crippen LogP contribution is -1.90. The first-order valence-corrected chi connectivity index (χ1v) is 7.43. The third-order valence-corrected chi connectivity index (χ3v) is 3.58. The van der Waals surface area contributed by atoms with Crippen molar-refractivity contribution in [2.75, 3.05) is 0 Å². The van der Waals surface area contributed by atoms with Gasteiger partial charge in [-0.15, -0.1) is 5.11 Å². The zero-order valence-corrected chi connectivity index (χ0v) is 13.2. The maximum absolute atomic E-state index is 13.6. The Kier molecular flexibility index (Phi) is 4.57. The first-order chi connectivity index (χ1) is 12.5. The van der Waals surface area contributed by atoms with E-state index in [0.29, 0.717) is 5.69 Å². The van der Waals surface area contributed by atoms with Gasteiger partial charge in [-0.2, -0.15) is 5.11 Å². The van der Waals surface area contributed by atoms with Gasteiger partial charge in [0.1, 0.15) is 5.75 Å². The molecule has 26 heavy (non-hydrogen) atoms. The highest BCUT2D eigenvalue weighted by molar-refractivity contribution is 5.76. The predicted octanol–water partition coefficient (Wildman–Crippen LogP) is 5.23. The molecule has 0 spiro atoms. The Balaban J connectivity index is 2.04. The van der Waals surface area contributed by atoms with Gasteiger partial charge in [0.25, 0.3) is 5.69 Å². The summed E-state index contributed by atoms with van der Waals surface area (Å²) in [5, 5.41) is 38.3. The van der Waals surface area contributed by atoms with E-state index >= 15 is 0 Å². The molecule has 0 saturated heterocycles. The summed E-state index contributed by atoms with van der Waals surface area (Å²) in [6.07, 6.45) is 0. The van der Waals surface area contributed by atoms with Crippen molar-refractivity contribution in [1.29, 1.82) is 0 Å². The lowest BCUT2D eigenvalue weighted by atomic mass is 10.0. The molecule has 8 heteroatoms. The van der Waals surface area contributed by atoms with Gasteiger partial charge in [0.2, 0.25) is 0 Å². The van der Waals surface area contributed by atoms with E-state index in [-0.39, 0.29) is 22.5 Å². The lowest BCUT2D eigenvalue weighted by molar-refractivity contribution is -0.384. The molecule has 0 fully saturated rings. The predicted molar refractivity (Wildman–Crippen MR) is 92.4 cm³/mol. The first-order valence-electron chi connectivity index (χ1n) is 7.43.